The number of aliphatic hydroxyl groups is 1. The SMILES string of the molecule is Cc1cc2c([nH]1)CCCC2(O)c1ccccc1. The number of aromatic amines is 1. The van der Waals surface area contributed by atoms with E-state index in [1.165, 1.54) is 5.69 Å². The first-order valence-electron chi connectivity index (χ1n) is 6.17. The number of fused-ring (bicyclic) bond motifs is 1. The lowest BCUT2D eigenvalue weighted by atomic mass is 9.78. The van der Waals surface area contributed by atoms with Gasteiger partial charge in [0.05, 0.1) is 0 Å². The van der Waals surface area contributed by atoms with Crippen molar-refractivity contribution in [1.29, 1.82) is 0 Å². The Hall–Kier alpha value is -1.54. The van der Waals surface area contributed by atoms with Gasteiger partial charge in [-0.25, -0.2) is 0 Å². The number of hydrogen-bond donors (Lipinski definition) is 2. The molecule has 2 N–H and O–H groups in total. The highest BCUT2D eigenvalue weighted by Gasteiger charge is 2.36. The van der Waals surface area contributed by atoms with Crippen LogP contribution in [0.2, 0.25) is 0 Å². The van der Waals surface area contributed by atoms with Crippen molar-refractivity contribution >= 4 is 0 Å². The van der Waals surface area contributed by atoms with Crippen LogP contribution in [0.4, 0.5) is 0 Å². The molecular formula is C15H17NO. The molecule has 0 aliphatic heterocycles. The molecule has 17 heavy (non-hydrogen) atoms. The number of hydrogen-bond acceptors (Lipinski definition) is 1. The van der Waals surface area contributed by atoms with Crippen LogP contribution in [0.1, 0.15) is 35.4 Å². The summed E-state index contributed by atoms with van der Waals surface area (Å²) in [4.78, 5) is 3.36. The molecule has 1 aromatic carbocycles. The zero-order valence-corrected chi connectivity index (χ0v) is 10.0. The van der Waals surface area contributed by atoms with Gasteiger partial charge in [0.15, 0.2) is 0 Å². The third-order valence-corrected chi connectivity index (χ3v) is 3.70. The fourth-order valence-electron chi connectivity index (χ4n) is 2.88. The van der Waals surface area contributed by atoms with Crippen molar-refractivity contribution in [3.05, 3.63) is 58.9 Å². The molecule has 88 valence electrons. The molecule has 0 saturated heterocycles. The van der Waals surface area contributed by atoms with Gasteiger partial charge in [-0.3, -0.25) is 0 Å². The highest BCUT2D eigenvalue weighted by Crippen LogP contribution is 2.40. The summed E-state index contributed by atoms with van der Waals surface area (Å²) in [5, 5.41) is 11.0. The summed E-state index contributed by atoms with van der Waals surface area (Å²) < 4.78 is 0. The fourth-order valence-corrected chi connectivity index (χ4v) is 2.88. The summed E-state index contributed by atoms with van der Waals surface area (Å²) in [5.74, 6) is 0. The van der Waals surface area contributed by atoms with Crippen molar-refractivity contribution in [3.8, 4) is 0 Å². The first-order valence-corrected chi connectivity index (χ1v) is 6.17. The number of aromatic nitrogens is 1. The van der Waals surface area contributed by atoms with Gasteiger partial charge in [0.25, 0.3) is 0 Å². The third-order valence-electron chi connectivity index (χ3n) is 3.70. The van der Waals surface area contributed by atoms with Crippen molar-refractivity contribution in [2.24, 2.45) is 0 Å². The minimum absolute atomic E-state index is 0.806. The zero-order chi connectivity index (χ0) is 11.9. The van der Waals surface area contributed by atoms with Gasteiger partial charge in [-0.05, 0) is 37.8 Å². The molecule has 0 spiro atoms. The Morgan fingerprint density at radius 1 is 1.24 bits per heavy atom. The van der Waals surface area contributed by atoms with Gasteiger partial charge in [-0.2, -0.15) is 0 Å². The van der Waals surface area contributed by atoms with E-state index in [1.807, 2.05) is 37.3 Å². The van der Waals surface area contributed by atoms with Gasteiger partial charge in [0, 0.05) is 17.0 Å². The van der Waals surface area contributed by atoms with Crippen molar-refractivity contribution in [2.75, 3.05) is 0 Å². The van der Waals surface area contributed by atoms with Crippen LogP contribution in [0.5, 0.6) is 0 Å². The molecule has 1 atom stereocenters. The second-order valence-corrected chi connectivity index (χ2v) is 4.92. The summed E-state index contributed by atoms with van der Waals surface area (Å²) in [6.45, 7) is 2.05. The zero-order valence-electron chi connectivity index (χ0n) is 10.0. The Morgan fingerprint density at radius 3 is 2.76 bits per heavy atom. The fraction of sp³-hybridized carbons (Fsp3) is 0.333. The van der Waals surface area contributed by atoms with E-state index in [0.29, 0.717) is 0 Å². The van der Waals surface area contributed by atoms with Crippen molar-refractivity contribution in [3.63, 3.8) is 0 Å². The lowest BCUT2D eigenvalue weighted by Gasteiger charge is -2.33. The first kappa shape index (κ1) is 10.6. The second-order valence-electron chi connectivity index (χ2n) is 4.92. The van der Waals surface area contributed by atoms with Crippen LogP contribution in [-0.2, 0) is 12.0 Å². The van der Waals surface area contributed by atoms with E-state index in [2.05, 4.69) is 11.1 Å². The Balaban J connectivity index is 2.15. The van der Waals surface area contributed by atoms with Crippen LogP contribution < -0.4 is 0 Å². The number of H-pyrrole nitrogens is 1. The van der Waals surface area contributed by atoms with E-state index in [-0.39, 0.29) is 0 Å². The maximum atomic E-state index is 11.0. The smallest absolute Gasteiger partial charge is 0.116 e. The summed E-state index contributed by atoms with van der Waals surface area (Å²) in [5.41, 5.74) is 3.58. The van der Waals surface area contributed by atoms with Gasteiger partial charge >= 0.3 is 0 Å². The molecule has 3 rings (SSSR count). The van der Waals surface area contributed by atoms with Crippen molar-refractivity contribution < 1.29 is 5.11 Å². The summed E-state index contributed by atoms with van der Waals surface area (Å²) >= 11 is 0. The van der Waals surface area contributed by atoms with E-state index in [0.717, 1.165) is 36.1 Å². The quantitative estimate of drug-likeness (QED) is 0.772. The maximum Gasteiger partial charge on any atom is 0.116 e. The average Bonchev–Trinajstić information content (AvgIpc) is 2.73. The van der Waals surface area contributed by atoms with Crippen LogP contribution in [0.25, 0.3) is 0 Å². The van der Waals surface area contributed by atoms with Gasteiger partial charge in [-0.15, -0.1) is 0 Å². The van der Waals surface area contributed by atoms with Gasteiger partial charge in [0.1, 0.15) is 5.60 Å². The van der Waals surface area contributed by atoms with Crippen LogP contribution in [0, 0.1) is 6.92 Å². The Bertz CT molecular complexity index is 529. The largest absolute Gasteiger partial charge is 0.380 e. The Kier molecular flexibility index (Phi) is 2.33. The molecule has 0 fully saturated rings. The molecule has 0 bridgehead atoms. The van der Waals surface area contributed by atoms with Gasteiger partial charge in [-0.1, -0.05) is 30.3 Å². The lowest BCUT2D eigenvalue weighted by molar-refractivity contribution is 0.0615. The molecule has 0 saturated carbocycles. The summed E-state index contributed by atoms with van der Waals surface area (Å²) in [6, 6.07) is 12.1. The third kappa shape index (κ3) is 1.60. The summed E-state index contributed by atoms with van der Waals surface area (Å²) in [6.07, 6.45) is 2.87. The van der Waals surface area contributed by atoms with Crippen molar-refractivity contribution in [2.45, 2.75) is 31.8 Å². The van der Waals surface area contributed by atoms with E-state index in [9.17, 15) is 5.11 Å². The molecule has 0 radical (unpaired) electrons. The highest BCUT2D eigenvalue weighted by atomic mass is 16.3. The Morgan fingerprint density at radius 2 is 2.00 bits per heavy atom. The lowest BCUT2D eigenvalue weighted by Crippen LogP contribution is -2.31. The standard InChI is InChI=1S/C15H17NO/c1-11-10-13-14(16-11)8-5-9-15(13,17)12-6-3-2-4-7-12/h2-4,6-7,10,16-17H,5,8-9H2,1H3. The molecule has 0 amide bonds. The monoisotopic (exact) mass is 227 g/mol. The average molecular weight is 227 g/mol. The normalized spacial score (nSPS) is 23.4. The molecule has 1 aliphatic rings. The predicted octanol–water partition coefficient (Wildman–Crippen LogP) is 2.90. The van der Waals surface area contributed by atoms with Gasteiger partial charge in [0.2, 0.25) is 0 Å². The first-order chi connectivity index (χ1) is 8.20. The molecule has 1 heterocycles. The molecular weight excluding hydrogens is 210 g/mol. The summed E-state index contributed by atoms with van der Waals surface area (Å²) in [7, 11) is 0. The van der Waals surface area contributed by atoms with E-state index >= 15 is 0 Å². The minimum atomic E-state index is -0.806. The molecule has 1 aromatic heterocycles. The van der Waals surface area contributed by atoms with Crippen molar-refractivity contribution in [1.82, 2.24) is 4.98 Å². The number of rotatable bonds is 1. The highest BCUT2D eigenvalue weighted by molar-refractivity contribution is 5.42. The van der Waals surface area contributed by atoms with E-state index < -0.39 is 5.60 Å². The Labute approximate surface area is 101 Å². The van der Waals surface area contributed by atoms with Gasteiger partial charge < -0.3 is 10.1 Å². The molecule has 2 nitrogen and oxygen atoms in total. The predicted molar refractivity (Wildman–Crippen MR) is 67.9 cm³/mol. The number of aryl methyl sites for hydroxylation is 2. The van der Waals surface area contributed by atoms with Crippen LogP contribution in [-0.4, -0.2) is 10.1 Å². The topological polar surface area (TPSA) is 36.0 Å². The van der Waals surface area contributed by atoms with Crippen LogP contribution in [0.15, 0.2) is 36.4 Å². The van der Waals surface area contributed by atoms with Crippen LogP contribution in [0.3, 0.4) is 0 Å². The number of nitrogens with one attached hydrogen (secondary N) is 1. The molecule has 1 unspecified atom stereocenters. The van der Waals surface area contributed by atoms with E-state index in [1.54, 1.807) is 0 Å². The maximum absolute atomic E-state index is 11.0. The second kappa shape index (κ2) is 3.74. The molecule has 1 aliphatic carbocycles. The molecule has 2 aromatic rings. The minimum Gasteiger partial charge on any atom is -0.380 e. The van der Waals surface area contributed by atoms with E-state index in [4.69, 9.17) is 0 Å². The van der Waals surface area contributed by atoms with Crippen LogP contribution >= 0.6 is 0 Å². The number of benzene rings is 1. The molecule has 2 heteroatoms.